The Balaban J connectivity index is 4.25. The van der Waals surface area contributed by atoms with Crippen molar-refractivity contribution in [3.63, 3.8) is 0 Å². The summed E-state index contributed by atoms with van der Waals surface area (Å²) in [6, 6.07) is 0. The summed E-state index contributed by atoms with van der Waals surface area (Å²) >= 11 is 9.55. The zero-order valence-electron chi connectivity index (χ0n) is 5.48. The Morgan fingerprint density at radius 1 is 1.56 bits per heavy atom. The molecular formula is C6H10ClNS. The maximum atomic E-state index is 5.53. The number of nitrogens with two attached hydrogens (primary N) is 1. The van der Waals surface area contributed by atoms with Crippen LogP contribution in [0.1, 0.15) is 13.8 Å². The first-order chi connectivity index (χ1) is 4.04. The molecular weight excluding hydrogens is 154 g/mol. The Kier molecular flexibility index (Phi) is 3.82. The van der Waals surface area contributed by atoms with Gasteiger partial charge < -0.3 is 5.73 Å². The van der Waals surface area contributed by atoms with E-state index in [1.165, 1.54) is 0 Å². The van der Waals surface area contributed by atoms with Crippen molar-refractivity contribution in [2.75, 3.05) is 0 Å². The van der Waals surface area contributed by atoms with Crippen molar-refractivity contribution in [1.29, 1.82) is 0 Å². The minimum atomic E-state index is 0.617. The highest BCUT2D eigenvalue weighted by molar-refractivity contribution is 7.84. The van der Waals surface area contributed by atoms with Crippen molar-refractivity contribution in [1.82, 2.24) is 0 Å². The average Bonchev–Trinajstić information content (AvgIpc) is 1.63. The zero-order valence-corrected chi connectivity index (χ0v) is 7.13. The van der Waals surface area contributed by atoms with Crippen LogP contribution in [0.25, 0.3) is 0 Å². The quantitative estimate of drug-likeness (QED) is 0.450. The molecule has 3 heteroatoms. The van der Waals surface area contributed by atoms with Crippen LogP contribution in [0.2, 0.25) is 0 Å². The van der Waals surface area contributed by atoms with Crippen LogP contribution < -0.4 is 5.73 Å². The lowest BCUT2D eigenvalue weighted by Crippen LogP contribution is -1.94. The van der Waals surface area contributed by atoms with Crippen molar-refractivity contribution in [3.05, 3.63) is 21.7 Å². The first kappa shape index (κ1) is 8.92. The molecule has 0 atom stereocenters. The van der Waals surface area contributed by atoms with Crippen molar-refractivity contribution < 1.29 is 0 Å². The Morgan fingerprint density at radius 2 is 2.00 bits per heavy atom. The standard InChI is InChI=1S/C6H10ClNS/c1-4(7)3-6(8)5(2)9/h3,9H,8H2,1-2H3/b4-3+,6-5-. The van der Waals surface area contributed by atoms with Crippen LogP contribution in [0.15, 0.2) is 21.7 Å². The molecule has 0 radical (unpaired) electrons. The lowest BCUT2D eigenvalue weighted by atomic mass is 10.4. The lowest BCUT2D eigenvalue weighted by molar-refractivity contribution is 1.36. The van der Waals surface area contributed by atoms with E-state index in [0.717, 1.165) is 4.91 Å². The van der Waals surface area contributed by atoms with E-state index in [9.17, 15) is 0 Å². The van der Waals surface area contributed by atoms with E-state index in [-0.39, 0.29) is 0 Å². The largest absolute Gasteiger partial charge is 0.398 e. The molecule has 0 aromatic heterocycles. The molecule has 0 rings (SSSR count). The van der Waals surface area contributed by atoms with Crippen molar-refractivity contribution >= 4 is 24.2 Å². The molecule has 0 heterocycles. The fourth-order valence-corrected chi connectivity index (χ4v) is 0.501. The van der Waals surface area contributed by atoms with Gasteiger partial charge >= 0.3 is 0 Å². The molecule has 0 bridgehead atoms. The maximum Gasteiger partial charge on any atom is 0.0416 e. The highest BCUT2D eigenvalue weighted by Crippen LogP contribution is 2.07. The van der Waals surface area contributed by atoms with Crippen LogP contribution in [0.3, 0.4) is 0 Å². The van der Waals surface area contributed by atoms with E-state index in [1.54, 1.807) is 13.0 Å². The molecule has 0 aliphatic heterocycles. The molecule has 2 N–H and O–H groups in total. The Labute approximate surface area is 66.0 Å². The molecule has 0 fully saturated rings. The van der Waals surface area contributed by atoms with Gasteiger partial charge in [-0.1, -0.05) is 11.6 Å². The number of hydrogen-bond donors (Lipinski definition) is 2. The number of rotatable bonds is 1. The van der Waals surface area contributed by atoms with Gasteiger partial charge in [0.2, 0.25) is 0 Å². The van der Waals surface area contributed by atoms with E-state index in [1.807, 2.05) is 6.92 Å². The number of thiol groups is 1. The second kappa shape index (κ2) is 3.85. The fourth-order valence-electron chi connectivity index (χ4n) is 0.319. The van der Waals surface area contributed by atoms with Gasteiger partial charge in [-0.3, -0.25) is 0 Å². The van der Waals surface area contributed by atoms with E-state index in [0.29, 0.717) is 10.7 Å². The SMILES string of the molecule is C/C(S)=C(N)\C=C(/C)Cl. The van der Waals surface area contributed by atoms with E-state index >= 15 is 0 Å². The highest BCUT2D eigenvalue weighted by Gasteiger charge is 1.87. The molecule has 0 saturated carbocycles. The van der Waals surface area contributed by atoms with Gasteiger partial charge in [-0.25, -0.2) is 0 Å². The van der Waals surface area contributed by atoms with Gasteiger partial charge in [0, 0.05) is 15.6 Å². The average molecular weight is 164 g/mol. The molecule has 0 saturated heterocycles. The van der Waals surface area contributed by atoms with Gasteiger partial charge in [0.1, 0.15) is 0 Å². The van der Waals surface area contributed by atoms with E-state index in [2.05, 4.69) is 12.6 Å². The monoisotopic (exact) mass is 163 g/mol. The molecule has 52 valence electrons. The van der Waals surface area contributed by atoms with Crippen molar-refractivity contribution in [3.8, 4) is 0 Å². The molecule has 1 nitrogen and oxygen atoms in total. The first-order valence-corrected chi connectivity index (χ1v) is 3.35. The van der Waals surface area contributed by atoms with Gasteiger partial charge in [-0.05, 0) is 19.9 Å². The topological polar surface area (TPSA) is 26.0 Å². The van der Waals surface area contributed by atoms with Crippen LogP contribution in [-0.4, -0.2) is 0 Å². The van der Waals surface area contributed by atoms with Crippen LogP contribution >= 0.6 is 24.2 Å². The molecule has 0 spiro atoms. The number of hydrogen-bond acceptors (Lipinski definition) is 2. The lowest BCUT2D eigenvalue weighted by Gasteiger charge is -1.93. The summed E-state index contributed by atoms with van der Waals surface area (Å²) in [6.07, 6.45) is 1.67. The predicted molar refractivity (Wildman–Crippen MR) is 45.5 cm³/mol. The second-order valence-corrected chi connectivity index (χ2v) is 3.04. The summed E-state index contributed by atoms with van der Waals surface area (Å²) in [4.78, 5) is 0.787. The molecule has 0 amide bonds. The molecule has 0 aliphatic carbocycles. The zero-order chi connectivity index (χ0) is 7.44. The summed E-state index contributed by atoms with van der Waals surface area (Å²) in [5, 5.41) is 0.668. The third kappa shape index (κ3) is 4.43. The third-order valence-corrected chi connectivity index (χ3v) is 1.14. The maximum absolute atomic E-state index is 5.53. The Bertz CT molecular complexity index is 152. The second-order valence-electron chi connectivity index (χ2n) is 1.77. The minimum absolute atomic E-state index is 0.617. The van der Waals surface area contributed by atoms with Crippen LogP contribution in [0.5, 0.6) is 0 Å². The summed E-state index contributed by atoms with van der Waals surface area (Å²) in [7, 11) is 0. The normalized spacial score (nSPS) is 15.3. The van der Waals surface area contributed by atoms with Crippen molar-refractivity contribution in [2.24, 2.45) is 5.73 Å². The van der Waals surface area contributed by atoms with Crippen LogP contribution in [0, 0.1) is 0 Å². The van der Waals surface area contributed by atoms with Crippen LogP contribution in [0.4, 0.5) is 0 Å². The van der Waals surface area contributed by atoms with E-state index in [4.69, 9.17) is 17.3 Å². The predicted octanol–water partition coefficient (Wildman–Crippen LogP) is 2.25. The number of halogens is 1. The highest BCUT2D eigenvalue weighted by atomic mass is 35.5. The van der Waals surface area contributed by atoms with Gasteiger partial charge in [0.05, 0.1) is 0 Å². The molecule has 9 heavy (non-hydrogen) atoms. The van der Waals surface area contributed by atoms with Gasteiger partial charge in [0.25, 0.3) is 0 Å². The summed E-state index contributed by atoms with van der Waals surface area (Å²) in [5.41, 5.74) is 6.08. The van der Waals surface area contributed by atoms with E-state index < -0.39 is 0 Å². The Morgan fingerprint density at radius 3 is 2.11 bits per heavy atom. The van der Waals surface area contributed by atoms with Crippen molar-refractivity contribution in [2.45, 2.75) is 13.8 Å². The molecule has 0 unspecified atom stereocenters. The molecule has 0 aliphatic rings. The first-order valence-electron chi connectivity index (χ1n) is 2.53. The Hall–Kier alpha value is -0.0800. The smallest absolute Gasteiger partial charge is 0.0416 e. The van der Waals surface area contributed by atoms with Gasteiger partial charge in [-0.15, -0.1) is 12.6 Å². The summed E-state index contributed by atoms with van der Waals surface area (Å²) < 4.78 is 0. The van der Waals surface area contributed by atoms with Gasteiger partial charge in [-0.2, -0.15) is 0 Å². The summed E-state index contributed by atoms with van der Waals surface area (Å²) in [5.74, 6) is 0. The molecule has 0 aromatic carbocycles. The summed E-state index contributed by atoms with van der Waals surface area (Å²) in [6.45, 7) is 3.58. The van der Waals surface area contributed by atoms with Gasteiger partial charge in [0.15, 0.2) is 0 Å². The minimum Gasteiger partial charge on any atom is -0.398 e. The third-order valence-electron chi connectivity index (χ3n) is 0.772. The number of allylic oxidation sites excluding steroid dienone is 3. The molecule has 0 aromatic rings. The van der Waals surface area contributed by atoms with Crippen LogP contribution in [-0.2, 0) is 0 Å². The fraction of sp³-hybridized carbons (Fsp3) is 0.333.